The average molecular weight is 250 g/mol. The lowest BCUT2D eigenvalue weighted by Crippen LogP contribution is -1.98. The van der Waals surface area contributed by atoms with Gasteiger partial charge in [0.2, 0.25) is 0 Å². The van der Waals surface area contributed by atoms with Crippen LogP contribution in [0, 0.1) is 0 Å². The molecule has 0 saturated heterocycles. The second kappa shape index (κ2) is 7.96. The predicted molar refractivity (Wildman–Crippen MR) is 74.1 cm³/mol. The van der Waals surface area contributed by atoms with Crippen molar-refractivity contribution in [1.29, 1.82) is 0 Å². The SMILES string of the molecule is CC(=S)CCCCCOc1ccc(C=O)cc1. The first-order valence-corrected chi connectivity index (χ1v) is 6.30. The third-order valence-corrected chi connectivity index (χ3v) is 2.66. The van der Waals surface area contributed by atoms with Crippen LogP contribution in [0.4, 0.5) is 0 Å². The number of ether oxygens (including phenoxy) is 1. The molecule has 0 heterocycles. The Hall–Kier alpha value is -1.22. The molecule has 1 rings (SSSR count). The summed E-state index contributed by atoms with van der Waals surface area (Å²) < 4.78 is 5.56. The molecule has 0 saturated carbocycles. The van der Waals surface area contributed by atoms with Gasteiger partial charge in [-0.1, -0.05) is 12.2 Å². The quantitative estimate of drug-likeness (QED) is 0.398. The predicted octanol–water partition coefficient (Wildman–Crippen LogP) is 3.83. The van der Waals surface area contributed by atoms with Crippen molar-refractivity contribution in [2.24, 2.45) is 0 Å². The molecule has 1 aromatic carbocycles. The molecular weight excluding hydrogens is 232 g/mol. The van der Waals surface area contributed by atoms with Crippen LogP contribution in [0.1, 0.15) is 43.0 Å². The molecule has 0 spiro atoms. The lowest BCUT2D eigenvalue weighted by atomic mass is 10.2. The van der Waals surface area contributed by atoms with Crippen LogP contribution in [0.2, 0.25) is 0 Å². The molecule has 17 heavy (non-hydrogen) atoms. The zero-order valence-electron chi connectivity index (χ0n) is 10.1. The number of carbonyl (C=O) groups excluding carboxylic acids is 1. The smallest absolute Gasteiger partial charge is 0.150 e. The van der Waals surface area contributed by atoms with Gasteiger partial charge in [0.05, 0.1) is 6.61 Å². The molecule has 0 aromatic heterocycles. The van der Waals surface area contributed by atoms with Crippen LogP contribution in [0.25, 0.3) is 0 Å². The van der Waals surface area contributed by atoms with Crippen LogP contribution >= 0.6 is 12.2 Å². The van der Waals surface area contributed by atoms with Crippen molar-refractivity contribution in [2.45, 2.75) is 32.6 Å². The van der Waals surface area contributed by atoms with Crippen LogP contribution in [-0.4, -0.2) is 17.8 Å². The molecule has 0 aliphatic carbocycles. The Balaban J connectivity index is 2.13. The molecule has 0 fully saturated rings. The third kappa shape index (κ3) is 6.17. The lowest BCUT2D eigenvalue weighted by Gasteiger charge is -2.05. The Kier molecular flexibility index (Phi) is 6.48. The zero-order valence-corrected chi connectivity index (χ0v) is 11.0. The van der Waals surface area contributed by atoms with Crippen molar-refractivity contribution in [3.8, 4) is 5.75 Å². The van der Waals surface area contributed by atoms with Gasteiger partial charge in [-0.2, -0.15) is 0 Å². The number of unbranched alkanes of at least 4 members (excludes halogenated alkanes) is 2. The minimum Gasteiger partial charge on any atom is -0.494 e. The van der Waals surface area contributed by atoms with E-state index in [1.165, 1.54) is 0 Å². The fourth-order valence-electron chi connectivity index (χ4n) is 1.49. The highest BCUT2D eigenvalue weighted by atomic mass is 32.1. The molecule has 0 radical (unpaired) electrons. The maximum atomic E-state index is 10.5. The monoisotopic (exact) mass is 250 g/mol. The summed E-state index contributed by atoms with van der Waals surface area (Å²) in [5.41, 5.74) is 0.675. The summed E-state index contributed by atoms with van der Waals surface area (Å²) >= 11 is 5.01. The summed E-state index contributed by atoms with van der Waals surface area (Å²) in [5.74, 6) is 0.821. The topological polar surface area (TPSA) is 26.3 Å². The number of benzene rings is 1. The molecule has 92 valence electrons. The van der Waals surface area contributed by atoms with Gasteiger partial charge in [-0.25, -0.2) is 0 Å². The van der Waals surface area contributed by atoms with Gasteiger partial charge in [-0.3, -0.25) is 4.79 Å². The van der Waals surface area contributed by atoms with Crippen molar-refractivity contribution in [2.75, 3.05) is 6.61 Å². The van der Waals surface area contributed by atoms with Crippen LogP contribution < -0.4 is 4.74 Å². The molecule has 3 heteroatoms. The molecule has 0 atom stereocenters. The van der Waals surface area contributed by atoms with Crippen molar-refractivity contribution >= 4 is 23.4 Å². The summed E-state index contributed by atoms with van der Waals surface area (Å²) in [7, 11) is 0. The van der Waals surface area contributed by atoms with E-state index in [1.54, 1.807) is 12.1 Å². The van der Waals surface area contributed by atoms with Crippen LogP contribution in [0.3, 0.4) is 0 Å². The number of rotatable bonds is 8. The Morgan fingerprint density at radius 1 is 1.24 bits per heavy atom. The third-order valence-electron chi connectivity index (χ3n) is 2.46. The van der Waals surface area contributed by atoms with Crippen molar-refractivity contribution in [3.63, 3.8) is 0 Å². The Bertz CT molecular complexity index is 357. The van der Waals surface area contributed by atoms with Crippen molar-refractivity contribution in [1.82, 2.24) is 0 Å². The fourth-order valence-corrected chi connectivity index (χ4v) is 1.63. The van der Waals surface area contributed by atoms with Gasteiger partial charge < -0.3 is 4.74 Å². The normalized spacial score (nSPS) is 9.94. The Morgan fingerprint density at radius 3 is 2.53 bits per heavy atom. The molecule has 0 aliphatic heterocycles. The summed E-state index contributed by atoms with van der Waals surface area (Å²) in [5, 5.41) is 0. The molecule has 0 aliphatic rings. The maximum Gasteiger partial charge on any atom is 0.150 e. The van der Waals surface area contributed by atoms with Crippen molar-refractivity contribution in [3.05, 3.63) is 29.8 Å². The molecular formula is C14H18O2S. The van der Waals surface area contributed by atoms with Gasteiger partial charge in [0.25, 0.3) is 0 Å². The number of hydrogen-bond acceptors (Lipinski definition) is 3. The second-order valence-electron chi connectivity index (χ2n) is 4.05. The first kappa shape index (κ1) is 13.8. The fraction of sp³-hybridized carbons (Fsp3) is 0.429. The van der Waals surface area contributed by atoms with E-state index in [1.807, 2.05) is 19.1 Å². The molecule has 2 nitrogen and oxygen atoms in total. The summed E-state index contributed by atoms with van der Waals surface area (Å²) in [6, 6.07) is 7.17. The minimum absolute atomic E-state index is 0.675. The van der Waals surface area contributed by atoms with E-state index >= 15 is 0 Å². The van der Waals surface area contributed by atoms with Crippen molar-refractivity contribution < 1.29 is 9.53 Å². The van der Waals surface area contributed by atoms with Gasteiger partial charge in [-0.05, 0) is 61.7 Å². The van der Waals surface area contributed by atoms with E-state index in [0.29, 0.717) is 5.56 Å². The molecule has 0 amide bonds. The maximum absolute atomic E-state index is 10.5. The lowest BCUT2D eigenvalue weighted by molar-refractivity contribution is 0.112. The highest BCUT2D eigenvalue weighted by molar-refractivity contribution is 7.80. The number of thiocarbonyl (C=S) groups is 1. The van der Waals surface area contributed by atoms with Gasteiger partial charge in [-0.15, -0.1) is 0 Å². The van der Waals surface area contributed by atoms with Crippen LogP contribution in [0.15, 0.2) is 24.3 Å². The summed E-state index contributed by atoms with van der Waals surface area (Å²) in [6.45, 7) is 2.71. The first-order chi connectivity index (χ1) is 8.22. The number of carbonyl (C=O) groups is 1. The average Bonchev–Trinajstić information content (AvgIpc) is 2.34. The van der Waals surface area contributed by atoms with E-state index < -0.39 is 0 Å². The number of aldehydes is 1. The van der Waals surface area contributed by atoms with Gasteiger partial charge >= 0.3 is 0 Å². The minimum atomic E-state index is 0.675. The van der Waals surface area contributed by atoms with E-state index in [0.717, 1.165) is 49.2 Å². The van der Waals surface area contributed by atoms with E-state index in [-0.39, 0.29) is 0 Å². The first-order valence-electron chi connectivity index (χ1n) is 5.90. The zero-order chi connectivity index (χ0) is 12.5. The number of hydrogen-bond donors (Lipinski definition) is 0. The molecule has 1 aromatic rings. The molecule has 0 unspecified atom stereocenters. The van der Waals surface area contributed by atoms with Gasteiger partial charge in [0, 0.05) is 5.56 Å². The van der Waals surface area contributed by atoms with Gasteiger partial charge in [0.15, 0.2) is 0 Å². The molecule has 0 N–H and O–H groups in total. The Morgan fingerprint density at radius 2 is 1.94 bits per heavy atom. The van der Waals surface area contributed by atoms with E-state index in [4.69, 9.17) is 17.0 Å². The van der Waals surface area contributed by atoms with Crippen LogP contribution in [-0.2, 0) is 0 Å². The highest BCUT2D eigenvalue weighted by Crippen LogP contribution is 2.12. The van der Waals surface area contributed by atoms with Crippen LogP contribution in [0.5, 0.6) is 5.75 Å². The van der Waals surface area contributed by atoms with E-state index in [9.17, 15) is 4.79 Å². The largest absolute Gasteiger partial charge is 0.494 e. The summed E-state index contributed by atoms with van der Waals surface area (Å²) in [4.78, 5) is 11.5. The van der Waals surface area contributed by atoms with Gasteiger partial charge in [0.1, 0.15) is 12.0 Å². The standard InChI is InChI=1S/C14H18O2S/c1-12(17)5-3-2-4-10-16-14-8-6-13(11-15)7-9-14/h6-9,11H,2-5,10H2,1H3. The summed E-state index contributed by atoms with van der Waals surface area (Å²) in [6.07, 6.45) is 5.18. The van der Waals surface area contributed by atoms with E-state index in [2.05, 4.69) is 0 Å². The Labute approximate surface area is 108 Å². The second-order valence-corrected chi connectivity index (χ2v) is 4.74. The molecule has 0 bridgehead atoms. The highest BCUT2D eigenvalue weighted by Gasteiger charge is 1.95.